The van der Waals surface area contributed by atoms with Gasteiger partial charge in [0.15, 0.2) is 9.84 Å². The predicted octanol–water partition coefficient (Wildman–Crippen LogP) is 1.60. The molecule has 130 valence electrons. The molecule has 0 aliphatic carbocycles. The third-order valence-corrected chi connectivity index (χ3v) is 5.40. The van der Waals surface area contributed by atoms with Gasteiger partial charge >= 0.3 is 0 Å². The number of amides is 1. The molecular formula is C17H23N3O3S. The molecule has 1 heterocycles. The third-order valence-electron chi connectivity index (χ3n) is 3.91. The van der Waals surface area contributed by atoms with Gasteiger partial charge in [0.2, 0.25) is 5.91 Å². The topological polar surface area (TPSA) is 81.1 Å². The highest BCUT2D eigenvalue weighted by Gasteiger charge is 2.22. The summed E-state index contributed by atoms with van der Waals surface area (Å²) in [6, 6.07) is 9.83. The molecule has 0 spiro atoms. The van der Waals surface area contributed by atoms with Crippen LogP contribution in [0, 0.1) is 13.8 Å². The number of nitrogens with one attached hydrogen (secondary N) is 1. The summed E-state index contributed by atoms with van der Waals surface area (Å²) in [5.74, 6) is -0.485. The van der Waals surface area contributed by atoms with E-state index in [-0.39, 0.29) is 0 Å². The second kappa shape index (κ2) is 7.17. The summed E-state index contributed by atoms with van der Waals surface area (Å²) in [5.41, 5.74) is 4.06. The Labute approximate surface area is 142 Å². The van der Waals surface area contributed by atoms with Crippen LogP contribution >= 0.6 is 0 Å². The van der Waals surface area contributed by atoms with E-state index >= 15 is 0 Å². The summed E-state index contributed by atoms with van der Waals surface area (Å²) < 4.78 is 24.7. The fourth-order valence-electron chi connectivity index (χ4n) is 2.37. The largest absolute Gasteiger partial charge is 0.351 e. The summed E-state index contributed by atoms with van der Waals surface area (Å²) in [4.78, 5) is 11.9. The van der Waals surface area contributed by atoms with E-state index in [0.717, 1.165) is 28.8 Å². The Bertz CT molecular complexity index is 841. The van der Waals surface area contributed by atoms with Crippen LogP contribution in [0.5, 0.6) is 0 Å². The van der Waals surface area contributed by atoms with Gasteiger partial charge in [-0.15, -0.1) is 0 Å². The molecular weight excluding hydrogens is 326 g/mol. The average molecular weight is 349 g/mol. The van der Waals surface area contributed by atoms with Crippen LogP contribution in [-0.4, -0.2) is 35.6 Å². The summed E-state index contributed by atoms with van der Waals surface area (Å²) in [5, 5.41) is 6.07. The first-order chi connectivity index (χ1) is 11.2. The Balaban J connectivity index is 2.03. The Morgan fingerprint density at radius 3 is 2.50 bits per heavy atom. The van der Waals surface area contributed by atoms with Crippen molar-refractivity contribution in [2.24, 2.45) is 0 Å². The van der Waals surface area contributed by atoms with E-state index in [1.807, 2.05) is 48.9 Å². The first-order valence-corrected chi connectivity index (χ1v) is 9.67. The normalized spacial score (nSPS) is 12.8. The zero-order valence-corrected chi connectivity index (χ0v) is 15.2. The van der Waals surface area contributed by atoms with Crippen LogP contribution < -0.4 is 5.32 Å². The Morgan fingerprint density at radius 1 is 1.25 bits per heavy atom. The molecule has 1 N–H and O–H groups in total. The standard InChI is InChI=1S/C17H23N3O3S/c1-12-8-13(2)20(19-12)11-16-7-5-6-15(9-16)10-18-17(21)14(3)24(4,22)23/h5-9,14H,10-11H2,1-4H3,(H,18,21)/t14-/m0/s1. The number of hydrogen-bond acceptors (Lipinski definition) is 4. The predicted molar refractivity (Wildman–Crippen MR) is 93.4 cm³/mol. The molecule has 0 radical (unpaired) electrons. The lowest BCUT2D eigenvalue weighted by Crippen LogP contribution is -2.37. The number of hydrogen-bond donors (Lipinski definition) is 1. The van der Waals surface area contributed by atoms with Crippen molar-refractivity contribution in [2.75, 3.05) is 6.26 Å². The maximum atomic E-state index is 11.9. The molecule has 0 saturated heterocycles. The van der Waals surface area contributed by atoms with Crippen molar-refractivity contribution in [3.63, 3.8) is 0 Å². The van der Waals surface area contributed by atoms with E-state index in [4.69, 9.17) is 0 Å². The lowest BCUT2D eigenvalue weighted by Gasteiger charge is -2.11. The van der Waals surface area contributed by atoms with E-state index in [1.54, 1.807) is 0 Å². The second-order valence-corrected chi connectivity index (χ2v) is 8.46. The van der Waals surface area contributed by atoms with Crippen molar-refractivity contribution in [3.05, 3.63) is 52.8 Å². The maximum Gasteiger partial charge on any atom is 0.238 e. The van der Waals surface area contributed by atoms with Gasteiger partial charge in [-0.2, -0.15) is 5.10 Å². The highest BCUT2D eigenvalue weighted by atomic mass is 32.2. The van der Waals surface area contributed by atoms with E-state index < -0.39 is 21.0 Å². The fourth-order valence-corrected chi connectivity index (χ4v) is 2.85. The van der Waals surface area contributed by atoms with Gasteiger partial charge in [0.05, 0.1) is 12.2 Å². The maximum absolute atomic E-state index is 11.9. The molecule has 0 unspecified atom stereocenters. The van der Waals surface area contributed by atoms with Gasteiger partial charge in [-0.1, -0.05) is 24.3 Å². The molecule has 1 amide bonds. The first kappa shape index (κ1) is 18.2. The minimum absolute atomic E-state index is 0.295. The molecule has 6 nitrogen and oxygen atoms in total. The van der Waals surface area contributed by atoms with Gasteiger partial charge in [0.1, 0.15) is 5.25 Å². The van der Waals surface area contributed by atoms with Gasteiger partial charge in [-0.25, -0.2) is 8.42 Å². The number of carbonyl (C=O) groups excluding carboxylic acids is 1. The number of carbonyl (C=O) groups is 1. The van der Waals surface area contributed by atoms with E-state index in [0.29, 0.717) is 13.1 Å². The van der Waals surface area contributed by atoms with Crippen molar-refractivity contribution in [3.8, 4) is 0 Å². The van der Waals surface area contributed by atoms with Gasteiger partial charge in [0.25, 0.3) is 0 Å². The third kappa shape index (κ3) is 4.67. The zero-order valence-electron chi connectivity index (χ0n) is 14.4. The van der Waals surface area contributed by atoms with Crippen molar-refractivity contribution >= 4 is 15.7 Å². The molecule has 0 bridgehead atoms. The lowest BCUT2D eigenvalue weighted by atomic mass is 10.1. The summed E-state index contributed by atoms with van der Waals surface area (Å²) >= 11 is 0. The molecule has 2 aromatic rings. The summed E-state index contributed by atoms with van der Waals surface area (Å²) in [6.45, 7) is 6.31. The van der Waals surface area contributed by atoms with Crippen LogP contribution in [0.1, 0.15) is 29.4 Å². The van der Waals surface area contributed by atoms with E-state index in [1.165, 1.54) is 6.92 Å². The van der Waals surface area contributed by atoms with Crippen LogP contribution in [0.15, 0.2) is 30.3 Å². The quantitative estimate of drug-likeness (QED) is 0.859. The Morgan fingerprint density at radius 2 is 1.92 bits per heavy atom. The monoisotopic (exact) mass is 349 g/mol. The molecule has 24 heavy (non-hydrogen) atoms. The van der Waals surface area contributed by atoms with E-state index in [9.17, 15) is 13.2 Å². The number of aromatic nitrogens is 2. The fraction of sp³-hybridized carbons (Fsp3) is 0.412. The second-order valence-electron chi connectivity index (χ2n) is 6.09. The van der Waals surface area contributed by atoms with Gasteiger partial charge in [-0.3, -0.25) is 9.48 Å². The molecule has 0 aliphatic heterocycles. The van der Waals surface area contributed by atoms with Crippen LogP contribution in [0.2, 0.25) is 0 Å². The SMILES string of the molecule is Cc1cc(C)n(Cc2cccc(CNC(=O)[C@H](C)S(C)(=O)=O)c2)n1. The first-order valence-electron chi connectivity index (χ1n) is 7.72. The molecule has 0 saturated carbocycles. The van der Waals surface area contributed by atoms with Crippen molar-refractivity contribution in [1.29, 1.82) is 0 Å². The van der Waals surface area contributed by atoms with Crippen molar-refractivity contribution in [2.45, 2.75) is 39.1 Å². The Kier molecular flexibility index (Phi) is 5.43. The van der Waals surface area contributed by atoms with Gasteiger partial charge in [-0.05, 0) is 38.0 Å². The van der Waals surface area contributed by atoms with Crippen molar-refractivity contribution < 1.29 is 13.2 Å². The van der Waals surface area contributed by atoms with Gasteiger partial charge in [0, 0.05) is 18.5 Å². The molecule has 1 aromatic carbocycles. The number of sulfone groups is 1. The van der Waals surface area contributed by atoms with Crippen molar-refractivity contribution in [1.82, 2.24) is 15.1 Å². The molecule has 1 atom stereocenters. The zero-order chi connectivity index (χ0) is 17.9. The summed E-state index contributed by atoms with van der Waals surface area (Å²) in [6.07, 6.45) is 1.06. The highest BCUT2D eigenvalue weighted by molar-refractivity contribution is 7.92. The number of rotatable bonds is 6. The molecule has 1 aromatic heterocycles. The minimum Gasteiger partial charge on any atom is -0.351 e. The molecule has 2 rings (SSSR count). The van der Waals surface area contributed by atoms with Crippen LogP contribution in [0.4, 0.5) is 0 Å². The number of aryl methyl sites for hydroxylation is 2. The lowest BCUT2D eigenvalue weighted by molar-refractivity contribution is -0.120. The minimum atomic E-state index is -3.38. The smallest absolute Gasteiger partial charge is 0.238 e. The van der Waals surface area contributed by atoms with Crippen LogP contribution in [0.25, 0.3) is 0 Å². The number of benzene rings is 1. The van der Waals surface area contributed by atoms with Crippen LogP contribution in [0.3, 0.4) is 0 Å². The van der Waals surface area contributed by atoms with E-state index in [2.05, 4.69) is 10.4 Å². The Hall–Kier alpha value is -2.15. The van der Waals surface area contributed by atoms with Gasteiger partial charge < -0.3 is 5.32 Å². The molecule has 0 aliphatic rings. The number of nitrogens with zero attached hydrogens (tertiary/aromatic N) is 2. The van der Waals surface area contributed by atoms with Crippen LogP contribution in [-0.2, 0) is 27.7 Å². The molecule has 7 heteroatoms. The average Bonchev–Trinajstić information content (AvgIpc) is 2.81. The summed E-state index contributed by atoms with van der Waals surface area (Å²) in [7, 11) is -3.38. The highest BCUT2D eigenvalue weighted by Crippen LogP contribution is 2.10. The molecule has 0 fully saturated rings.